The molecule has 1 amide bonds. The molecule has 7 heteroatoms. The number of halogens is 1. The van der Waals surface area contributed by atoms with Crippen molar-refractivity contribution in [2.75, 3.05) is 11.1 Å². The maximum absolute atomic E-state index is 11.8. The molecule has 0 saturated carbocycles. The number of nitrogens with one attached hydrogen (secondary N) is 1. The summed E-state index contributed by atoms with van der Waals surface area (Å²) in [5.41, 5.74) is 6.66. The van der Waals surface area contributed by atoms with Gasteiger partial charge in [0.2, 0.25) is 0 Å². The summed E-state index contributed by atoms with van der Waals surface area (Å²) in [7, 11) is 1.77. The van der Waals surface area contributed by atoms with Crippen LogP contribution in [0.4, 0.5) is 10.8 Å². The largest absolute Gasteiger partial charge is 0.397 e. The number of hydrogen-bond donors (Lipinski definition) is 2. The van der Waals surface area contributed by atoms with Crippen molar-refractivity contribution in [3.05, 3.63) is 27.9 Å². The first kappa shape index (κ1) is 11.2. The first-order valence-corrected chi connectivity index (χ1v) is 6.02. The van der Waals surface area contributed by atoms with Crippen LogP contribution in [-0.2, 0) is 7.05 Å². The number of hydrogen-bond acceptors (Lipinski definition) is 4. The summed E-state index contributed by atoms with van der Waals surface area (Å²) in [6, 6.07) is 1.62. The van der Waals surface area contributed by atoms with E-state index < -0.39 is 0 Å². The maximum Gasteiger partial charge on any atom is 0.274 e. The van der Waals surface area contributed by atoms with Crippen molar-refractivity contribution in [1.82, 2.24) is 9.55 Å². The molecule has 3 N–H and O–H groups in total. The number of nitrogen functional groups attached to an aromatic ring is 1. The molecule has 2 aromatic heterocycles. The lowest BCUT2D eigenvalue weighted by molar-refractivity contribution is 0.101. The molecule has 2 rings (SSSR count). The topological polar surface area (TPSA) is 72.9 Å². The molecule has 0 bridgehead atoms. The Balaban J connectivity index is 2.17. The summed E-state index contributed by atoms with van der Waals surface area (Å²) < 4.78 is 2.54. The Labute approximate surface area is 104 Å². The van der Waals surface area contributed by atoms with Crippen LogP contribution < -0.4 is 11.1 Å². The van der Waals surface area contributed by atoms with Crippen molar-refractivity contribution in [3.8, 4) is 0 Å². The van der Waals surface area contributed by atoms with Crippen LogP contribution >= 0.6 is 27.3 Å². The molecule has 0 spiro atoms. The lowest BCUT2D eigenvalue weighted by Crippen LogP contribution is -2.14. The number of thiazole rings is 1. The van der Waals surface area contributed by atoms with Gasteiger partial charge in [0.1, 0.15) is 5.69 Å². The number of anilines is 2. The van der Waals surface area contributed by atoms with E-state index in [1.165, 1.54) is 11.3 Å². The molecule has 0 aliphatic carbocycles. The monoisotopic (exact) mass is 300 g/mol. The molecule has 0 atom stereocenters. The zero-order valence-electron chi connectivity index (χ0n) is 8.40. The number of aromatic nitrogens is 2. The number of amides is 1. The van der Waals surface area contributed by atoms with Crippen LogP contribution in [0.1, 0.15) is 10.5 Å². The third-order valence-electron chi connectivity index (χ3n) is 1.96. The van der Waals surface area contributed by atoms with E-state index in [9.17, 15) is 4.79 Å². The van der Waals surface area contributed by atoms with Gasteiger partial charge in [-0.2, -0.15) is 0 Å². The Bertz CT molecular complexity index is 533. The average molecular weight is 301 g/mol. The second kappa shape index (κ2) is 4.26. The molecule has 5 nitrogen and oxygen atoms in total. The maximum atomic E-state index is 11.8. The summed E-state index contributed by atoms with van der Waals surface area (Å²) >= 11 is 4.63. The predicted octanol–water partition coefficient (Wildman–Crippen LogP) is 2.08. The summed E-state index contributed by atoms with van der Waals surface area (Å²) in [4.78, 5) is 15.8. The van der Waals surface area contributed by atoms with Crippen LogP contribution in [0, 0.1) is 0 Å². The molecule has 0 radical (unpaired) electrons. The molecule has 2 heterocycles. The molecule has 0 saturated heterocycles. The van der Waals surface area contributed by atoms with E-state index in [-0.39, 0.29) is 5.91 Å². The fourth-order valence-electron chi connectivity index (χ4n) is 1.29. The van der Waals surface area contributed by atoms with Gasteiger partial charge in [0.25, 0.3) is 5.91 Å². The highest BCUT2D eigenvalue weighted by atomic mass is 79.9. The van der Waals surface area contributed by atoms with Crippen LogP contribution in [-0.4, -0.2) is 15.5 Å². The molecule has 16 heavy (non-hydrogen) atoms. The molecular weight excluding hydrogens is 292 g/mol. The van der Waals surface area contributed by atoms with Crippen molar-refractivity contribution in [2.24, 2.45) is 7.05 Å². The third-order valence-corrected chi connectivity index (χ3v) is 3.35. The number of rotatable bonds is 2. The van der Waals surface area contributed by atoms with Crippen LogP contribution in [0.25, 0.3) is 0 Å². The van der Waals surface area contributed by atoms with Gasteiger partial charge < -0.3 is 10.3 Å². The van der Waals surface area contributed by atoms with E-state index in [0.717, 1.165) is 3.79 Å². The first-order chi connectivity index (χ1) is 7.56. The molecule has 0 aliphatic rings. The van der Waals surface area contributed by atoms with E-state index in [2.05, 4.69) is 26.2 Å². The molecule has 0 aliphatic heterocycles. The van der Waals surface area contributed by atoms with Gasteiger partial charge in [-0.25, -0.2) is 4.98 Å². The number of nitrogens with zero attached hydrogens (tertiary/aromatic N) is 2. The van der Waals surface area contributed by atoms with Crippen molar-refractivity contribution in [2.45, 2.75) is 0 Å². The van der Waals surface area contributed by atoms with Gasteiger partial charge in [-0.3, -0.25) is 10.1 Å². The Morgan fingerprint density at radius 2 is 2.44 bits per heavy atom. The minimum atomic E-state index is -0.221. The highest BCUT2D eigenvalue weighted by molar-refractivity contribution is 9.11. The van der Waals surface area contributed by atoms with Gasteiger partial charge in [-0.05, 0) is 22.0 Å². The SMILES string of the molecule is Cn1cc(N)cc1C(=O)Nc1ncc(Br)s1. The number of nitrogens with two attached hydrogens (primary N) is 1. The normalized spacial score (nSPS) is 10.4. The number of aryl methyl sites for hydroxylation is 1. The summed E-state index contributed by atoms with van der Waals surface area (Å²) in [6.45, 7) is 0. The number of carbonyl (C=O) groups is 1. The third kappa shape index (κ3) is 2.25. The highest BCUT2D eigenvalue weighted by Gasteiger charge is 2.12. The molecule has 0 fully saturated rings. The fourth-order valence-corrected chi connectivity index (χ4v) is 2.39. The van der Waals surface area contributed by atoms with Crippen LogP contribution in [0.5, 0.6) is 0 Å². The van der Waals surface area contributed by atoms with E-state index in [0.29, 0.717) is 16.5 Å². The van der Waals surface area contributed by atoms with E-state index in [1.54, 1.807) is 30.1 Å². The first-order valence-electron chi connectivity index (χ1n) is 4.41. The van der Waals surface area contributed by atoms with E-state index >= 15 is 0 Å². The Morgan fingerprint density at radius 3 is 2.94 bits per heavy atom. The summed E-state index contributed by atoms with van der Waals surface area (Å²) in [6.07, 6.45) is 3.33. The highest BCUT2D eigenvalue weighted by Crippen LogP contribution is 2.23. The Morgan fingerprint density at radius 1 is 1.69 bits per heavy atom. The van der Waals surface area contributed by atoms with E-state index in [4.69, 9.17) is 5.73 Å². The van der Waals surface area contributed by atoms with Crippen molar-refractivity contribution >= 4 is 44.0 Å². The second-order valence-corrected chi connectivity index (χ2v) is 5.60. The Kier molecular flexibility index (Phi) is 2.97. The molecule has 84 valence electrons. The number of carbonyl (C=O) groups excluding carboxylic acids is 1. The molecular formula is C9H9BrN4OS. The standard InChI is InChI=1S/C9H9BrN4OS/c1-14-4-5(11)2-6(14)8(15)13-9-12-3-7(10)16-9/h2-4H,11H2,1H3,(H,12,13,15). The van der Waals surface area contributed by atoms with Gasteiger partial charge in [-0.1, -0.05) is 11.3 Å². The van der Waals surface area contributed by atoms with Gasteiger partial charge in [0.05, 0.1) is 15.7 Å². The predicted molar refractivity (Wildman–Crippen MR) is 67.6 cm³/mol. The van der Waals surface area contributed by atoms with Gasteiger partial charge >= 0.3 is 0 Å². The molecule has 0 unspecified atom stereocenters. The summed E-state index contributed by atoms with van der Waals surface area (Å²) in [5, 5.41) is 3.25. The van der Waals surface area contributed by atoms with Crippen molar-refractivity contribution in [1.29, 1.82) is 0 Å². The lowest BCUT2D eigenvalue weighted by Gasteiger charge is -2.01. The van der Waals surface area contributed by atoms with Crippen molar-refractivity contribution < 1.29 is 4.79 Å². The molecule has 0 aromatic carbocycles. The lowest BCUT2D eigenvalue weighted by atomic mass is 10.4. The fraction of sp³-hybridized carbons (Fsp3) is 0.111. The van der Waals surface area contributed by atoms with Crippen LogP contribution in [0.2, 0.25) is 0 Å². The zero-order valence-corrected chi connectivity index (χ0v) is 10.8. The van der Waals surface area contributed by atoms with Crippen LogP contribution in [0.15, 0.2) is 22.2 Å². The molecule has 2 aromatic rings. The van der Waals surface area contributed by atoms with Gasteiger partial charge in [0.15, 0.2) is 5.13 Å². The van der Waals surface area contributed by atoms with Gasteiger partial charge in [0, 0.05) is 13.2 Å². The van der Waals surface area contributed by atoms with Crippen molar-refractivity contribution in [3.63, 3.8) is 0 Å². The average Bonchev–Trinajstić information content (AvgIpc) is 2.73. The minimum Gasteiger partial charge on any atom is -0.397 e. The quantitative estimate of drug-likeness (QED) is 0.892. The minimum absolute atomic E-state index is 0.221. The van der Waals surface area contributed by atoms with E-state index in [1.807, 2.05) is 0 Å². The summed E-state index contributed by atoms with van der Waals surface area (Å²) in [5.74, 6) is -0.221. The second-order valence-electron chi connectivity index (χ2n) is 3.19. The Hall–Kier alpha value is -1.34. The van der Waals surface area contributed by atoms with Crippen LogP contribution in [0.3, 0.4) is 0 Å². The van der Waals surface area contributed by atoms with Gasteiger partial charge in [-0.15, -0.1) is 0 Å². The zero-order chi connectivity index (χ0) is 11.7. The smallest absolute Gasteiger partial charge is 0.274 e.